The van der Waals surface area contributed by atoms with Crippen molar-refractivity contribution in [2.75, 3.05) is 7.11 Å². The Morgan fingerprint density at radius 2 is 1.91 bits per heavy atom. The molecule has 1 aromatic heterocycles. The highest BCUT2D eigenvalue weighted by Crippen LogP contribution is 2.15. The zero-order valence-corrected chi connectivity index (χ0v) is 13.2. The minimum atomic E-state index is -0.755. The minimum Gasteiger partial charge on any atom is -0.497 e. The number of hydrogen-bond acceptors (Lipinski definition) is 4. The second-order valence-corrected chi connectivity index (χ2v) is 5.03. The fourth-order valence-electron chi connectivity index (χ4n) is 1.66. The molecule has 0 saturated carbocycles. The molecule has 1 aromatic carbocycles. The van der Waals surface area contributed by atoms with E-state index >= 15 is 0 Å². The zero-order valence-electron chi connectivity index (χ0n) is 11.6. The predicted octanol–water partition coefficient (Wildman–Crippen LogP) is 2.31. The smallest absolute Gasteiger partial charge is 0.291 e. The molecule has 0 unspecified atom stereocenters. The molecule has 2 aromatic rings. The van der Waals surface area contributed by atoms with Gasteiger partial charge in [0.05, 0.1) is 7.11 Å². The van der Waals surface area contributed by atoms with Crippen LogP contribution in [0.1, 0.15) is 16.1 Å². The number of amides is 2. The third-order valence-electron chi connectivity index (χ3n) is 2.74. The van der Waals surface area contributed by atoms with E-state index in [0.29, 0.717) is 16.0 Å². The van der Waals surface area contributed by atoms with Gasteiger partial charge in [-0.2, -0.15) is 0 Å². The Morgan fingerprint density at radius 3 is 2.41 bits per heavy atom. The SMILES string of the molecule is COc1ccc(/C=C(/NC(=O)c2ccc(Br)o2)C(N)=O)cc1. The fraction of sp³-hybridized carbons (Fsp3) is 0.0667. The highest BCUT2D eigenvalue weighted by Gasteiger charge is 2.15. The summed E-state index contributed by atoms with van der Waals surface area (Å²) < 4.78 is 10.6. The van der Waals surface area contributed by atoms with Crippen LogP contribution in [0.3, 0.4) is 0 Å². The molecule has 0 aliphatic rings. The maximum absolute atomic E-state index is 12.0. The van der Waals surface area contributed by atoms with Gasteiger partial charge in [0, 0.05) is 0 Å². The molecule has 3 N–H and O–H groups in total. The van der Waals surface area contributed by atoms with Crippen molar-refractivity contribution in [1.82, 2.24) is 5.32 Å². The molecule has 0 fully saturated rings. The average Bonchev–Trinajstić information content (AvgIpc) is 2.94. The first-order chi connectivity index (χ1) is 10.5. The quantitative estimate of drug-likeness (QED) is 0.795. The zero-order chi connectivity index (χ0) is 16.1. The van der Waals surface area contributed by atoms with E-state index in [9.17, 15) is 9.59 Å². The highest BCUT2D eigenvalue weighted by molar-refractivity contribution is 9.10. The third kappa shape index (κ3) is 3.98. The molecule has 0 aliphatic heterocycles. The molecule has 0 aliphatic carbocycles. The second kappa shape index (κ2) is 6.95. The molecule has 22 heavy (non-hydrogen) atoms. The molecule has 0 radical (unpaired) electrons. The summed E-state index contributed by atoms with van der Waals surface area (Å²) in [6.07, 6.45) is 1.47. The molecular weight excluding hydrogens is 352 g/mol. The van der Waals surface area contributed by atoms with Crippen LogP contribution < -0.4 is 15.8 Å². The molecule has 0 spiro atoms. The summed E-state index contributed by atoms with van der Waals surface area (Å²) >= 11 is 3.10. The van der Waals surface area contributed by atoms with E-state index in [0.717, 1.165) is 0 Å². The summed E-state index contributed by atoms with van der Waals surface area (Å²) in [6.45, 7) is 0. The van der Waals surface area contributed by atoms with E-state index in [1.54, 1.807) is 37.4 Å². The van der Waals surface area contributed by atoms with Gasteiger partial charge >= 0.3 is 0 Å². The Morgan fingerprint density at radius 1 is 1.23 bits per heavy atom. The van der Waals surface area contributed by atoms with Gasteiger partial charge in [-0.3, -0.25) is 9.59 Å². The van der Waals surface area contributed by atoms with E-state index in [1.807, 2.05) is 0 Å². The molecule has 2 rings (SSSR count). The van der Waals surface area contributed by atoms with Crippen LogP contribution in [0.2, 0.25) is 0 Å². The summed E-state index contributed by atoms with van der Waals surface area (Å²) in [5.74, 6) is -0.574. The molecule has 2 amide bonds. The number of primary amides is 1. The molecular formula is C15H13BrN2O4. The summed E-state index contributed by atoms with van der Waals surface area (Å²) in [5, 5.41) is 2.42. The molecule has 1 heterocycles. The normalized spacial score (nSPS) is 11.1. The number of carbonyl (C=O) groups excluding carboxylic acids is 2. The molecule has 0 atom stereocenters. The highest BCUT2D eigenvalue weighted by atomic mass is 79.9. The molecule has 7 heteroatoms. The van der Waals surface area contributed by atoms with Crippen LogP contribution in [-0.2, 0) is 4.79 Å². The average molecular weight is 365 g/mol. The van der Waals surface area contributed by atoms with Crippen molar-refractivity contribution in [3.63, 3.8) is 0 Å². The lowest BCUT2D eigenvalue weighted by Crippen LogP contribution is -2.30. The lowest BCUT2D eigenvalue weighted by atomic mass is 10.2. The Kier molecular flexibility index (Phi) is 5.00. The van der Waals surface area contributed by atoms with Crippen LogP contribution in [0, 0.1) is 0 Å². The number of halogens is 1. The molecule has 114 valence electrons. The van der Waals surface area contributed by atoms with Gasteiger partial charge in [0.1, 0.15) is 11.4 Å². The maximum Gasteiger partial charge on any atom is 0.291 e. The van der Waals surface area contributed by atoms with E-state index in [2.05, 4.69) is 21.2 Å². The largest absolute Gasteiger partial charge is 0.497 e. The number of nitrogens with two attached hydrogens (primary N) is 1. The Bertz CT molecular complexity index is 719. The summed E-state index contributed by atoms with van der Waals surface area (Å²) in [4.78, 5) is 23.4. The van der Waals surface area contributed by atoms with Crippen molar-refractivity contribution in [2.24, 2.45) is 5.73 Å². The first kappa shape index (κ1) is 15.8. The molecule has 0 bridgehead atoms. The standard InChI is InChI=1S/C15H13BrN2O4/c1-21-10-4-2-9(3-5-10)8-11(14(17)19)18-15(20)12-6-7-13(16)22-12/h2-8H,1H3,(H2,17,19)(H,18,20)/b11-8+. The van der Waals surface area contributed by atoms with Crippen molar-refractivity contribution in [2.45, 2.75) is 0 Å². The second-order valence-electron chi connectivity index (χ2n) is 4.25. The summed E-state index contributed by atoms with van der Waals surface area (Å²) in [7, 11) is 1.56. The lowest BCUT2D eigenvalue weighted by molar-refractivity contribution is -0.114. The van der Waals surface area contributed by atoms with Gasteiger partial charge in [-0.15, -0.1) is 0 Å². The number of ether oxygens (including phenoxy) is 1. The topological polar surface area (TPSA) is 94.6 Å². The van der Waals surface area contributed by atoms with E-state index in [1.165, 1.54) is 12.1 Å². The van der Waals surface area contributed by atoms with Crippen LogP contribution in [0.25, 0.3) is 6.08 Å². The van der Waals surface area contributed by atoms with Gasteiger partial charge in [0.2, 0.25) is 0 Å². The van der Waals surface area contributed by atoms with Gasteiger partial charge in [0.15, 0.2) is 10.4 Å². The van der Waals surface area contributed by atoms with Crippen molar-refractivity contribution in [3.05, 3.63) is 58.1 Å². The first-order valence-electron chi connectivity index (χ1n) is 6.22. The van der Waals surface area contributed by atoms with E-state index in [4.69, 9.17) is 14.9 Å². The maximum atomic E-state index is 12.0. The summed E-state index contributed by atoms with van der Waals surface area (Å²) in [6, 6.07) is 9.98. The van der Waals surface area contributed by atoms with Crippen LogP contribution in [0.15, 0.2) is 51.2 Å². The number of furan rings is 1. The van der Waals surface area contributed by atoms with Crippen LogP contribution in [0.4, 0.5) is 0 Å². The first-order valence-corrected chi connectivity index (χ1v) is 7.01. The molecule has 0 saturated heterocycles. The van der Waals surface area contributed by atoms with Gasteiger partial charge in [0.25, 0.3) is 11.8 Å². The fourth-order valence-corrected chi connectivity index (χ4v) is 1.96. The van der Waals surface area contributed by atoms with Crippen LogP contribution in [0.5, 0.6) is 5.75 Å². The number of benzene rings is 1. The monoisotopic (exact) mass is 364 g/mol. The summed E-state index contributed by atoms with van der Waals surface area (Å²) in [5.41, 5.74) is 5.94. The Balaban J connectivity index is 2.20. The third-order valence-corrected chi connectivity index (χ3v) is 3.16. The van der Waals surface area contributed by atoms with E-state index < -0.39 is 11.8 Å². The number of hydrogen-bond donors (Lipinski definition) is 2. The lowest BCUT2D eigenvalue weighted by Gasteiger charge is -2.06. The number of nitrogens with one attached hydrogen (secondary N) is 1. The van der Waals surface area contributed by atoms with Crippen molar-refractivity contribution >= 4 is 33.8 Å². The number of rotatable bonds is 5. The van der Waals surface area contributed by atoms with Gasteiger partial charge < -0.3 is 20.2 Å². The van der Waals surface area contributed by atoms with Gasteiger partial charge in [-0.1, -0.05) is 12.1 Å². The van der Waals surface area contributed by atoms with Gasteiger partial charge in [-0.05, 0) is 51.8 Å². The van der Waals surface area contributed by atoms with Crippen molar-refractivity contribution in [1.29, 1.82) is 0 Å². The van der Waals surface area contributed by atoms with Crippen molar-refractivity contribution in [3.8, 4) is 5.75 Å². The Hall–Kier alpha value is -2.54. The van der Waals surface area contributed by atoms with Gasteiger partial charge in [-0.25, -0.2) is 0 Å². The van der Waals surface area contributed by atoms with Crippen LogP contribution >= 0.6 is 15.9 Å². The molecule has 6 nitrogen and oxygen atoms in total. The van der Waals surface area contributed by atoms with Crippen LogP contribution in [-0.4, -0.2) is 18.9 Å². The number of carbonyl (C=O) groups is 2. The minimum absolute atomic E-state index is 0.0392. The number of methoxy groups -OCH3 is 1. The predicted molar refractivity (Wildman–Crippen MR) is 84.0 cm³/mol. The Labute approximate surface area is 135 Å². The van der Waals surface area contributed by atoms with Crippen molar-refractivity contribution < 1.29 is 18.7 Å². The van der Waals surface area contributed by atoms with E-state index in [-0.39, 0.29) is 11.5 Å².